The molecule has 0 unspecified atom stereocenters. The lowest BCUT2D eigenvalue weighted by Crippen LogP contribution is -2.42. The molecule has 0 radical (unpaired) electrons. The first-order valence-corrected chi connectivity index (χ1v) is 7.39. The molecule has 1 fully saturated rings. The Hall–Kier alpha value is -0.610. The topological polar surface area (TPSA) is 43.8 Å². The Morgan fingerprint density at radius 3 is 2.39 bits per heavy atom. The third kappa shape index (κ3) is 5.83. The number of unbranched alkanes of at least 4 members (excludes halogenated alkanes) is 1. The summed E-state index contributed by atoms with van der Waals surface area (Å²) in [5, 5.41) is 9.04. The van der Waals surface area contributed by atoms with Gasteiger partial charge in [-0.05, 0) is 25.8 Å². The molecule has 1 aliphatic heterocycles. The molecule has 1 N–H and O–H groups in total. The Morgan fingerprint density at radius 2 is 1.83 bits per heavy atom. The highest BCUT2D eigenvalue weighted by Crippen LogP contribution is 2.10. The van der Waals surface area contributed by atoms with Gasteiger partial charge in [-0.15, -0.1) is 0 Å². The largest absolute Gasteiger partial charge is 0.395 e. The van der Waals surface area contributed by atoms with Crippen molar-refractivity contribution in [2.45, 2.75) is 45.4 Å². The van der Waals surface area contributed by atoms with Crippen molar-refractivity contribution in [2.24, 2.45) is 0 Å². The number of aliphatic hydroxyl groups is 1. The summed E-state index contributed by atoms with van der Waals surface area (Å²) in [6.45, 7) is 6.11. The van der Waals surface area contributed by atoms with Crippen LogP contribution in [0.1, 0.15) is 45.4 Å². The molecular weight excluding hydrogens is 228 g/mol. The number of hydrogen-bond acceptors (Lipinski definition) is 3. The van der Waals surface area contributed by atoms with Gasteiger partial charge in [0.15, 0.2) is 0 Å². The molecule has 1 heterocycles. The lowest BCUT2D eigenvalue weighted by molar-refractivity contribution is -0.132. The predicted molar refractivity (Wildman–Crippen MR) is 73.5 cm³/mol. The van der Waals surface area contributed by atoms with Crippen molar-refractivity contribution in [3.8, 4) is 0 Å². The first kappa shape index (κ1) is 15.4. The second-order valence-corrected chi connectivity index (χ2v) is 5.15. The van der Waals surface area contributed by atoms with E-state index in [2.05, 4.69) is 11.8 Å². The summed E-state index contributed by atoms with van der Waals surface area (Å²) in [4.78, 5) is 16.3. The van der Waals surface area contributed by atoms with Crippen molar-refractivity contribution in [2.75, 3.05) is 39.3 Å². The minimum atomic E-state index is 0.136. The van der Waals surface area contributed by atoms with Crippen molar-refractivity contribution >= 4 is 5.91 Å². The van der Waals surface area contributed by atoms with Crippen LogP contribution >= 0.6 is 0 Å². The van der Waals surface area contributed by atoms with Gasteiger partial charge in [0.1, 0.15) is 0 Å². The highest BCUT2D eigenvalue weighted by atomic mass is 16.3. The van der Waals surface area contributed by atoms with Gasteiger partial charge in [-0.25, -0.2) is 0 Å². The second kappa shape index (κ2) is 9.34. The van der Waals surface area contributed by atoms with Gasteiger partial charge >= 0.3 is 0 Å². The van der Waals surface area contributed by atoms with Gasteiger partial charge in [0, 0.05) is 19.6 Å². The summed E-state index contributed by atoms with van der Waals surface area (Å²) in [6.07, 6.45) is 6.99. The molecule has 0 bridgehead atoms. The number of carbonyl (C=O) groups is 1. The van der Waals surface area contributed by atoms with E-state index in [0.29, 0.717) is 13.1 Å². The highest BCUT2D eigenvalue weighted by molar-refractivity contribution is 5.78. The van der Waals surface area contributed by atoms with E-state index in [0.717, 1.165) is 45.3 Å². The predicted octanol–water partition coefficient (Wildman–Crippen LogP) is 1.48. The smallest absolute Gasteiger partial charge is 0.236 e. The summed E-state index contributed by atoms with van der Waals surface area (Å²) in [6, 6.07) is 0. The van der Waals surface area contributed by atoms with Gasteiger partial charge < -0.3 is 10.0 Å². The summed E-state index contributed by atoms with van der Waals surface area (Å²) in [5.74, 6) is 0.237. The van der Waals surface area contributed by atoms with E-state index in [1.165, 1.54) is 12.8 Å². The van der Waals surface area contributed by atoms with Crippen LogP contribution in [-0.4, -0.2) is 60.1 Å². The zero-order chi connectivity index (χ0) is 13.2. The SMILES string of the molecule is CCCCN(CCO)CC(=O)N1CCCCCC1. The van der Waals surface area contributed by atoms with Crippen LogP contribution in [0.5, 0.6) is 0 Å². The zero-order valence-corrected chi connectivity index (χ0v) is 11.7. The standard InChI is InChI=1S/C14H28N2O2/c1-2-3-8-15(11-12-17)13-14(18)16-9-6-4-5-7-10-16/h17H,2-13H2,1H3. The summed E-state index contributed by atoms with van der Waals surface area (Å²) in [5.41, 5.74) is 0. The van der Waals surface area contributed by atoms with Crippen LogP contribution in [-0.2, 0) is 4.79 Å². The van der Waals surface area contributed by atoms with Crippen molar-refractivity contribution < 1.29 is 9.90 Å². The summed E-state index contributed by atoms with van der Waals surface area (Å²) in [7, 11) is 0. The molecule has 0 aromatic heterocycles. The molecule has 1 amide bonds. The average Bonchev–Trinajstić information content (AvgIpc) is 2.65. The van der Waals surface area contributed by atoms with Crippen LogP contribution in [0.15, 0.2) is 0 Å². The number of hydrogen-bond donors (Lipinski definition) is 1. The Morgan fingerprint density at radius 1 is 1.17 bits per heavy atom. The fraction of sp³-hybridized carbons (Fsp3) is 0.929. The van der Waals surface area contributed by atoms with Gasteiger partial charge in [-0.2, -0.15) is 0 Å². The normalized spacial score (nSPS) is 16.9. The van der Waals surface area contributed by atoms with Crippen molar-refractivity contribution in [3.05, 3.63) is 0 Å². The van der Waals surface area contributed by atoms with Crippen LogP contribution in [0.25, 0.3) is 0 Å². The lowest BCUT2D eigenvalue weighted by atomic mass is 10.2. The maximum atomic E-state index is 12.2. The number of carbonyl (C=O) groups excluding carboxylic acids is 1. The van der Waals surface area contributed by atoms with E-state index >= 15 is 0 Å². The number of amides is 1. The Labute approximate surface area is 111 Å². The Balaban J connectivity index is 2.37. The molecule has 0 aromatic carbocycles. The average molecular weight is 256 g/mol. The van der Waals surface area contributed by atoms with Crippen LogP contribution in [0.3, 0.4) is 0 Å². The number of rotatable bonds is 7. The molecule has 18 heavy (non-hydrogen) atoms. The molecule has 0 aromatic rings. The fourth-order valence-electron chi connectivity index (χ4n) is 2.40. The van der Waals surface area contributed by atoms with E-state index in [9.17, 15) is 4.79 Å². The van der Waals surface area contributed by atoms with Gasteiger partial charge in [0.25, 0.3) is 0 Å². The van der Waals surface area contributed by atoms with E-state index in [1.54, 1.807) is 0 Å². The molecule has 1 saturated heterocycles. The lowest BCUT2D eigenvalue weighted by Gasteiger charge is -2.26. The molecule has 1 rings (SSSR count). The van der Waals surface area contributed by atoms with E-state index in [1.807, 2.05) is 4.90 Å². The molecule has 4 nitrogen and oxygen atoms in total. The van der Waals surface area contributed by atoms with Gasteiger partial charge in [-0.1, -0.05) is 26.2 Å². The molecular formula is C14H28N2O2. The molecule has 0 atom stereocenters. The van der Waals surface area contributed by atoms with E-state index in [4.69, 9.17) is 5.11 Å². The molecule has 106 valence electrons. The molecule has 0 aliphatic carbocycles. The Kier molecular flexibility index (Phi) is 8.01. The molecule has 0 saturated carbocycles. The first-order chi connectivity index (χ1) is 8.77. The van der Waals surface area contributed by atoms with Gasteiger partial charge in [-0.3, -0.25) is 9.69 Å². The minimum Gasteiger partial charge on any atom is -0.395 e. The fourth-order valence-corrected chi connectivity index (χ4v) is 2.40. The Bertz CT molecular complexity index is 226. The number of nitrogens with zero attached hydrogens (tertiary/aromatic N) is 2. The zero-order valence-electron chi connectivity index (χ0n) is 11.7. The monoisotopic (exact) mass is 256 g/mol. The number of likely N-dealkylation sites (tertiary alicyclic amines) is 1. The minimum absolute atomic E-state index is 0.136. The maximum Gasteiger partial charge on any atom is 0.236 e. The van der Waals surface area contributed by atoms with E-state index in [-0.39, 0.29) is 12.5 Å². The van der Waals surface area contributed by atoms with Crippen molar-refractivity contribution in [1.82, 2.24) is 9.80 Å². The maximum absolute atomic E-state index is 12.2. The van der Waals surface area contributed by atoms with Crippen molar-refractivity contribution in [3.63, 3.8) is 0 Å². The summed E-state index contributed by atoms with van der Waals surface area (Å²) >= 11 is 0. The molecule has 0 spiro atoms. The first-order valence-electron chi connectivity index (χ1n) is 7.39. The summed E-state index contributed by atoms with van der Waals surface area (Å²) < 4.78 is 0. The molecule has 1 aliphatic rings. The van der Waals surface area contributed by atoms with Crippen LogP contribution in [0.2, 0.25) is 0 Å². The van der Waals surface area contributed by atoms with Gasteiger partial charge in [0.05, 0.1) is 13.2 Å². The molecule has 4 heteroatoms. The van der Waals surface area contributed by atoms with Crippen LogP contribution < -0.4 is 0 Å². The van der Waals surface area contributed by atoms with E-state index < -0.39 is 0 Å². The third-order valence-corrected chi connectivity index (χ3v) is 3.56. The van der Waals surface area contributed by atoms with Crippen molar-refractivity contribution in [1.29, 1.82) is 0 Å². The van der Waals surface area contributed by atoms with Crippen LogP contribution in [0, 0.1) is 0 Å². The van der Waals surface area contributed by atoms with Crippen LogP contribution in [0.4, 0.5) is 0 Å². The third-order valence-electron chi connectivity index (χ3n) is 3.56. The number of aliphatic hydroxyl groups excluding tert-OH is 1. The highest BCUT2D eigenvalue weighted by Gasteiger charge is 2.18. The van der Waals surface area contributed by atoms with Gasteiger partial charge in [0.2, 0.25) is 5.91 Å². The second-order valence-electron chi connectivity index (χ2n) is 5.15. The quantitative estimate of drug-likeness (QED) is 0.750.